The van der Waals surface area contributed by atoms with Gasteiger partial charge in [0.15, 0.2) is 11.5 Å². The van der Waals surface area contributed by atoms with E-state index in [2.05, 4.69) is 5.32 Å². The molecule has 1 aliphatic heterocycles. The van der Waals surface area contributed by atoms with Crippen LogP contribution in [0, 0.1) is 5.92 Å². The molecule has 2 rings (SSSR count). The van der Waals surface area contributed by atoms with E-state index in [1.165, 1.54) is 0 Å². The second-order valence-corrected chi connectivity index (χ2v) is 5.65. The fraction of sp³-hybridized carbons (Fsp3) is 0.529. The fourth-order valence-corrected chi connectivity index (χ4v) is 2.72. The molecule has 1 aromatic carbocycles. The average Bonchev–Trinajstić information content (AvgIpc) is 2.95. The molecule has 1 saturated heterocycles. The highest BCUT2D eigenvalue weighted by atomic mass is 16.5. The second-order valence-electron chi connectivity index (χ2n) is 5.65. The van der Waals surface area contributed by atoms with E-state index >= 15 is 0 Å². The minimum Gasteiger partial charge on any atom is -0.493 e. The van der Waals surface area contributed by atoms with Crippen LogP contribution in [0.3, 0.4) is 0 Å². The lowest BCUT2D eigenvalue weighted by molar-refractivity contribution is -0.129. The van der Waals surface area contributed by atoms with E-state index in [4.69, 9.17) is 14.2 Å². The van der Waals surface area contributed by atoms with Gasteiger partial charge in [0.2, 0.25) is 11.8 Å². The number of carbonyl (C=O) groups is 2. The van der Waals surface area contributed by atoms with Crippen LogP contribution in [0.25, 0.3) is 0 Å². The molecule has 1 aromatic rings. The maximum atomic E-state index is 12.2. The first-order chi connectivity index (χ1) is 11.6. The van der Waals surface area contributed by atoms with Crippen molar-refractivity contribution in [3.8, 4) is 11.5 Å². The van der Waals surface area contributed by atoms with Gasteiger partial charge < -0.3 is 24.4 Å². The van der Waals surface area contributed by atoms with Crippen molar-refractivity contribution in [2.75, 3.05) is 41.0 Å². The Labute approximate surface area is 141 Å². The zero-order valence-corrected chi connectivity index (χ0v) is 14.3. The zero-order valence-electron chi connectivity index (χ0n) is 14.3. The Kier molecular flexibility index (Phi) is 6.43. The highest BCUT2D eigenvalue weighted by Gasteiger charge is 2.34. The SMILES string of the molecule is COCCNC(=O)C1CC(=O)N(Cc2ccc(OC)c(OC)c2)C1. The fourth-order valence-electron chi connectivity index (χ4n) is 2.72. The van der Waals surface area contributed by atoms with Gasteiger partial charge in [0.25, 0.3) is 0 Å². The average molecular weight is 336 g/mol. The summed E-state index contributed by atoms with van der Waals surface area (Å²) in [5.41, 5.74) is 0.932. The summed E-state index contributed by atoms with van der Waals surface area (Å²) in [6.45, 7) is 1.78. The van der Waals surface area contributed by atoms with Gasteiger partial charge in [0.1, 0.15) is 0 Å². The molecule has 0 saturated carbocycles. The summed E-state index contributed by atoms with van der Waals surface area (Å²) in [6, 6.07) is 5.54. The summed E-state index contributed by atoms with van der Waals surface area (Å²) in [7, 11) is 4.73. The molecule has 132 valence electrons. The first kappa shape index (κ1) is 18.1. The molecule has 2 amide bonds. The Hall–Kier alpha value is -2.28. The molecule has 0 radical (unpaired) electrons. The molecular weight excluding hydrogens is 312 g/mol. The summed E-state index contributed by atoms with van der Waals surface area (Å²) in [5, 5.41) is 2.78. The monoisotopic (exact) mass is 336 g/mol. The molecule has 1 unspecified atom stereocenters. The van der Waals surface area contributed by atoms with Gasteiger partial charge in [-0.05, 0) is 17.7 Å². The van der Waals surface area contributed by atoms with Gasteiger partial charge in [-0.15, -0.1) is 0 Å². The number of rotatable bonds is 8. The number of nitrogens with one attached hydrogen (secondary N) is 1. The van der Waals surface area contributed by atoms with E-state index in [9.17, 15) is 9.59 Å². The van der Waals surface area contributed by atoms with Crippen LogP contribution >= 0.6 is 0 Å². The number of ether oxygens (including phenoxy) is 3. The molecule has 0 aromatic heterocycles. The van der Waals surface area contributed by atoms with Crippen molar-refractivity contribution in [3.05, 3.63) is 23.8 Å². The lowest BCUT2D eigenvalue weighted by Crippen LogP contribution is -2.34. The van der Waals surface area contributed by atoms with Gasteiger partial charge in [-0.1, -0.05) is 6.07 Å². The summed E-state index contributed by atoms with van der Waals surface area (Å²) in [6.07, 6.45) is 0.242. The van der Waals surface area contributed by atoms with E-state index in [-0.39, 0.29) is 24.2 Å². The number of amides is 2. The number of carbonyl (C=O) groups excluding carboxylic acids is 2. The predicted molar refractivity (Wildman–Crippen MR) is 88.0 cm³/mol. The van der Waals surface area contributed by atoms with Gasteiger partial charge in [0.05, 0.1) is 26.7 Å². The highest BCUT2D eigenvalue weighted by molar-refractivity contribution is 5.89. The largest absolute Gasteiger partial charge is 0.493 e. The molecule has 0 aliphatic carbocycles. The molecule has 1 aliphatic rings. The normalized spacial score (nSPS) is 17.0. The lowest BCUT2D eigenvalue weighted by atomic mass is 10.1. The maximum Gasteiger partial charge on any atom is 0.225 e. The predicted octanol–water partition coefficient (Wildman–Crippen LogP) is 0.815. The smallest absolute Gasteiger partial charge is 0.225 e. The van der Waals surface area contributed by atoms with Crippen LogP contribution < -0.4 is 14.8 Å². The first-order valence-corrected chi connectivity index (χ1v) is 7.84. The van der Waals surface area contributed by atoms with Crippen LogP contribution in [-0.2, 0) is 20.9 Å². The van der Waals surface area contributed by atoms with Crippen molar-refractivity contribution < 1.29 is 23.8 Å². The third-order valence-electron chi connectivity index (χ3n) is 4.01. The Morgan fingerprint density at radius 3 is 2.67 bits per heavy atom. The summed E-state index contributed by atoms with van der Waals surface area (Å²) < 4.78 is 15.4. The summed E-state index contributed by atoms with van der Waals surface area (Å²) in [5.74, 6) is 0.835. The van der Waals surface area contributed by atoms with E-state index in [1.54, 1.807) is 26.2 Å². The number of hydrogen-bond acceptors (Lipinski definition) is 5. The number of methoxy groups -OCH3 is 3. The molecular formula is C17H24N2O5. The maximum absolute atomic E-state index is 12.2. The van der Waals surface area contributed by atoms with Gasteiger partial charge in [0, 0.05) is 33.2 Å². The molecule has 7 nitrogen and oxygen atoms in total. The Morgan fingerprint density at radius 2 is 2.00 bits per heavy atom. The van der Waals surface area contributed by atoms with Crippen LogP contribution in [0.5, 0.6) is 11.5 Å². The molecule has 1 atom stereocenters. The van der Waals surface area contributed by atoms with Crippen LogP contribution in [-0.4, -0.2) is 57.7 Å². The second kappa shape index (κ2) is 8.54. The van der Waals surface area contributed by atoms with E-state index in [0.717, 1.165) is 5.56 Å². The standard InChI is InChI=1S/C17H24N2O5/c1-22-7-6-18-17(21)13-9-16(20)19(11-13)10-12-4-5-14(23-2)15(8-12)24-3/h4-5,8,13H,6-7,9-11H2,1-3H3,(H,18,21). The van der Waals surface area contributed by atoms with Crippen LogP contribution in [0.15, 0.2) is 18.2 Å². The highest BCUT2D eigenvalue weighted by Crippen LogP contribution is 2.29. The van der Waals surface area contributed by atoms with Gasteiger partial charge in [-0.2, -0.15) is 0 Å². The molecule has 1 fully saturated rings. The zero-order chi connectivity index (χ0) is 17.5. The van der Waals surface area contributed by atoms with Crippen molar-refractivity contribution in [1.29, 1.82) is 0 Å². The number of benzene rings is 1. The quantitative estimate of drug-likeness (QED) is 0.711. The lowest BCUT2D eigenvalue weighted by Gasteiger charge is -2.18. The van der Waals surface area contributed by atoms with E-state index in [1.807, 2.05) is 18.2 Å². The van der Waals surface area contributed by atoms with Crippen LogP contribution in [0.2, 0.25) is 0 Å². The number of hydrogen-bond donors (Lipinski definition) is 1. The minimum atomic E-state index is -0.311. The van der Waals surface area contributed by atoms with Crippen molar-refractivity contribution in [3.63, 3.8) is 0 Å². The van der Waals surface area contributed by atoms with Crippen LogP contribution in [0.4, 0.5) is 0 Å². The van der Waals surface area contributed by atoms with Gasteiger partial charge in [-0.3, -0.25) is 9.59 Å². The van der Waals surface area contributed by atoms with Crippen molar-refractivity contribution >= 4 is 11.8 Å². The Bertz CT molecular complexity index is 590. The van der Waals surface area contributed by atoms with E-state index < -0.39 is 0 Å². The summed E-state index contributed by atoms with van der Waals surface area (Å²) >= 11 is 0. The summed E-state index contributed by atoms with van der Waals surface area (Å²) in [4.78, 5) is 25.9. The van der Waals surface area contributed by atoms with E-state index in [0.29, 0.717) is 37.7 Å². The van der Waals surface area contributed by atoms with Crippen molar-refractivity contribution in [2.24, 2.45) is 5.92 Å². The molecule has 0 spiro atoms. The number of nitrogens with zero attached hydrogens (tertiary/aromatic N) is 1. The Morgan fingerprint density at radius 1 is 1.25 bits per heavy atom. The first-order valence-electron chi connectivity index (χ1n) is 7.84. The molecule has 24 heavy (non-hydrogen) atoms. The van der Waals surface area contributed by atoms with Crippen molar-refractivity contribution in [2.45, 2.75) is 13.0 Å². The molecule has 1 heterocycles. The molecule has 1 N–H and O–H groups in total. The van der Waals surface area contributed by atoms with Gasteiger partial charge >= 0.3 is 0 Å². The van der Waals surface area contributed by atoms with Crippen LogP contribution in [0.1, 0.15) is 12.0 Å². The molecule has 0 bridgehead atoms. The minimum absolute atomic E-state index is 0.0170. The third kappa shape index (κ3) is 4.38. The Balaban J connectivity index is 1.96. The third-order valence-corrected chi connectivity index (χ3v) is 4.01. The topological polar surface area (TPSA) is 77.1 Å². The number of likely N-dealkylation sites (tertiary alicyclic amines) is 1. The van der Waals surface area contributed by atoms with Gasteiger partial charge in [-0.25, -0.2) is 0 Å². The van der Waals surface area contributed by atoms with Crippen molar-refractivity contribution in [1.82, 2.24) is 10.2 Å². The molecule has 7 heteroatoms.